The first-order valence-corrected chi connectivity index (χ1v) is 5.07. The second-order valence-electron chi connectivity index (χ2n) is 3.39. The molecule has 3 heteroatoms. The monoisotopic (exact) mass is 181 g/mol. The van der Waals surface area contributed by atoms with Crippen molar-refractivity contribution in [1.82, 2.24) is 9.97 Å². The molecule has 1 rings (SSSR count). The molecule has 0 saturated carbocycles. The number of aromatic nitrogens is 2. The van der Waals surface area contributed by atoms with Crippen molar-refractivity contribution in [3.8, 4) is 0 Å². The van der Waals surface area contributed by atoms with Crippen molar-refractivity contribution in [2.75, 3.05) is 6.54 Å². The summed E-state index contributed by atoms with van der Waals surface area (Å²) in [6, 6.07) is 0. The quantitative estimate of drug-likeness (QED) is 0.705. The molecule has 0 aliphatic carbocycles. The summed E-state index contributed by atoms with van der Waals surface area (Å²) in [6.45, 7) is 2.96. The zero-order valence-corrected chi connectivity index (χ0v) is 8.29. The fraction of sp³-hybridized carbons (Fsp3) is 0.700. The zero-order chi connectivity index (χ0) is 9.52. The lowest BCUT2D eigenvalue weighted by molar-refractivity contribution is 0.533. The van der Waals surface area contributed by atoms with E-state index in [9.17, 15) is 0 Å². The molecule has 3 N–H and O–H groups in total. The highest BCUT2D eigenvalue weighted by molar-refractivity contribution is 4.96. The van der Waals surface area contributed by atoms with Gasteiger partial charge in [-0.15, -0.1) is 0 Å². The van der Waals surface area contributed by atoms with Gasteiger partial charge in [0.2, 0.25) is 0 Å². The van der Waals surface area contributed by atoms with Gasteiger partial charge in [0, 0.05) is 18.3 Å². The number of hydrogen-bond donors (Lipinski definition) is 2. The number of nitrogens with two attached hydrogens (primary N) is 1. The summed E-state index contributed by atoms with van der Waals surface area (Å²) in [4.78, 5) is 7.44. The number of aromatic amines is 1. The molecule has 1 aromatic heterocycles. The van der Waals surface area contributed by atoms with Crippen LogP contribution in [0.2, 0.25) is 0 Å². The van der Waals surface area contributed by atoms with E-state index >= 15 is 0 Å². The first-order valence-electron chi connectivity index (χ1n) is 5.07. The second-order valence-corrected chi connectivity index (χ2v) is 3.39. The Labute approximate surface area is 79.8 Å². The van der Waals surface area contributed by atoms with Gasteiger partial charge in [0.1, 0.15) is 5.82 Å². The molecule has 0 fully saturated rings. The van der Waals surface area contributed by atoms with Gasteiger partial charge < -0.3 is 10.7 Å². The molecule has 1 atom stereocenters. The van der Waals surface area contributed by atoms with Crippen LogP contribution in [-0.2, 0) is 0 Å². The largest absolute Gasteiger partial charge is 0.348 e. The van der Waals surface area contributed by atoms with Crippen LogP contribution in [0.25, 0.3) is 0 Å². The summed E-state index contributed by atoms with van der Waals surface area (Å²) in [5, 5.41) is 0. The molecule has 0 amide bonds. The van der Waals surface area contributed by atoms with Crippen LogP contribution in [0.5, 0.6) is 0 Å². The van der Waals surface area contributed by atoms with Crippen LogP contribution in [0.4, 0.5) is 0 Å². The lowest BCUT2D eigenvalue weighted by Gasteiger charge is -2.12. The molecule has 0 bridgehead atoms. The molecule has 3 nitrogen and oxygen atoms in total. The molecule has 0 aromatic carbocycles. The minimum atomic E-state index is 0.528. The van der Waals surface area contributed by atoms with E-state index in [1.807, 2.05) is 12.4 Å². The first kappa shape index (κ1) is 10.3. The Hall–Kier alpha value is -0.830. The predicted molar refractivity (Wildman–Crippen MR) is 54.5 cm³/mol. The molecular formula is C10H19N3. The fourth-order valence-electron chi connectivity index (χ4n) is 1.57. The van der Waals surface area contributed by atoms with E-state index in [-0.39, 0.29) is 0 Å². The summed E-state index contributed by atoms with van der Waals surface area (Å²) in [5.41, 5.74) is 5.57. The lowest BCUT2D eigenvalue weighted by Crippen LogP contribution is -2.08. The average Bonchev–Trinajstić information content (AvgIpc) is 2.65. The zero-order valence-electron chi connectivity index (χ0n) is 8.29. The van der Waals surface area contributed by atoms with Crippen LogP contribution in [0, 0.1) is 0 Å². The van der Waals surface area contributed by atoms with Crippen LogP contribution < -0.4 is 5.73 Å². The molecule has 0 radical (unpaired) electrons. The summed E-state index contributed by atoms with van der Waals surface area (Å²) < 4.78 is 0. The molecule has 0 saturated heterocycles. The van der Waals surface area contributed by atoms with E-state index < -0.39 is 0 Å². The SMILES string of the molecule is CCCCC(CCN)c1ncc[nH]1. The van der Waals surface area contributed by atoms with Crippen molar-refractivity contribution >= 4 is 0 Å². The fourth-order valence-corrected chi connectivity index (χ4v) is 1.57. The van der Waals surface area contributed by atoms with Gasteiger partial charge in [-0.3, -0.25) is 0 Å². The number of rotatable bonds is 6. The molecule has 0 aliphatic rings. The number of imidazole rings is 1. The van der Waals surface area contributed by atoms with Gasteiger partial charge >= 0.3 is 0 Å². The first-order chi connectivity index (χ1) is 6.38. The third kappa shape index (κ3) is 3.19. The van der Waals surface area contributed by atoms with E-state index in [0.717, 1.165) is 18.8 Å². The maximum Gasteiger partial charge on any atom is 0.109 e. The minimum absolute atomic E-state index is 0.528. The molecule has 1 unspecified atom stereocenters. The van der Waals surface area contributed by atoms with Crippen molar-refractivity contribution in [2.24, 2.45) is 5.73 Å². The van der Waals surface area contributed by atoms with Gasteiger partial charge in [-0.2, -0.15) is 0 Å². The number of H-pyrrole nitrogens is 1. The number of unbranched alkanes of at least 4 members (excludes halogenated alkanes) is 1. The Morgan fingerprint density at radius 3 is 2.92 bits per heavy atom. The third-order valence-electron chi connectivity index (χ3n) is 2.33. The van der Waals surface area contributed by atoms with Gasteiger partial charge in [-0.05, 0) is 19.4 Å². The van der Waals surface area contributed by atoms with E-state index in [4.69, 9.17) is 5.73 Å². The molecular weight excluding hydrogens is 162 g/mol. The highest BCUT2D eigenvalue weighted by atomic mass is 14.9. The summed E-state index contributed by atoms with van der Waals surface area (Å²) in [5.74, 6) is 1.62. The van der Waals surface area contributed by atoms with Crippen LogP contribution >= 0.6 is 0 Å². The summed E-state index contributed by atoms with van der Waals surface area (Å²) >= 11 is 0. The van der Waals surface area contributed by atoms with Gasteiger partial charge in [0.15, 0.2) is 0 Å². The predicted octanol–water partition coefficient (Wildman–Crippen LogP) is 2.03. The van der Waals surface area contributed by atoms with E-state index in [1.165, 1.54) is 19.3 Å². The number of hydrogen-bond acceptors (Lipinski definition) is 2. The van der Waals surface area contributed by atoms with Gasteiger partial charge in [-0.25, -0.2) is 4.98 Å². The van der Waals surface area contributed by atoms with E-state index in [0.29, 0.717) is 5.92 Å². The molecule has 1 aromatic rings. The molecule has 0 aliphatic heterocycles. The Morgan fingerprint density at radius 2 is 2.38 bits per heavy atom. The molecule has 13 heavy (non-hydrogen) atoms. The number of nitrogens with one attached hydrogen (secondary N) is 1. The topological polar surface area (TPSA) is 54.7 Å². The maximum absolute atomic E-state index is 5.57. The standard InChI is InChI=1S/C10H19N3/c1-2-3-4-9(5-6-11)10-12-7-8-13-10/h7-9H,2-6,11H2,1H3,(H,12,13). The van der Waals surface area contributed by atoms with Crippen LogP contribution in [-0.4, -0.2) is 16.5 Å². The second kappa shape index (κ2) is 5.75. The Kier molecular flexibility index (Phi) is 4.54. The van der Waals surface area contributed by atoms with Crippen LogP contribution in [0.15, 0.2) is 12.4 Å². The minimum Gasteiger partial charge on any atom is -0.348 e. The van der Waals surface area contributed by atoms with Crippen molar-refractivity contribution in [2.45, 2.75) is 38.5 Å². The normalized spacial score (nSPS) is 13.1. The highest BCUT2D eigenvalue weighted by Gasteiger charge is 2.11. The van der Waals surface area contributed by atoms with Crippen LogP contribution in [0.1, 0.15) is 44.3 Å². The highest BCUT2D eigenvalue weighted by Crippen LogP contribution is 2.21. The van der Waals surface area contributed by atoms with Crippen LogP contribution in [0.3, 0.4) is 0 Å². The van der Waals surface area contributed by atoms with Crippen molar-refractivity contribution < 1.29 is 0 Å². The number of nitrogens with zero attached hydrogens (tertiary/aromatic N) is 1. The summed E-state index contributed by atoms with van der Waals surface area (Å²) in [6.07, 6.45) is 8.41. The summed E-state index contributed by atoms with van der Waals surface area (Å²) in [7, 11) is 0. The van der Waals surface area contributed by atoms with E-state index in [1.54, 1.807) is 0 Å². The lowest BCUT2D eigenvalue weighted by atomic mass is 9.98. The maximum atomic E-state index is 5.57. The molecule has 1 heterocycles. The Morgan fingerprint density at radius 1 is 1.54 bits per heavy atom. The average molecular weight is 181 g/mol. The van der Waals surface area contributed by atoms with E-state index in [2.05, 4.69) is 16.9 Å². The van der Waals surface area contributed by atoms with Crippen molar-refractivity contribution in [3.63, 3.8) is 0 Å². The third-order valence-corrected chi connectivity index (χ3v) is 2.33. The molecule has 74 valence electrons. The Balaban J connectivity index is 2.47. The Bertz CT molecular complexity index is 206. The van der Waals surface area contributed by atoms with Crippen molar-refractivity contribution in [1.29, 1.82) is 0 Å². The van der Waals surface area contributed by atoms with Gasteiger partial charge in [0.25, 0.3) is 0 Å². The van der Waals surface area contributed by atoms with Gasteiger partial charge in [-0.1, -0.05) is 19.8 Å². The molecule has 0 spiro atoms. The van der Waals surface area contributed by atoms with Crippen molar-refractivity contribution in [3.05, 3.63) is 18.2 Å². The smallest absolute Gasteiger partial charge is 0.109 e. The van der Waals surface area contributed by atoms with Gasteiger partial charge in [0.05, 0.1) is 0 Å².